The highest BCUT2D eigenvalue weighted by Gasteiger charge is 2.29. The van der Waals surface area contributed by atoms with E-state index in [1.54, 1.807) is 6.92 Å². The Morgan fingerprint density at radius 3 is 2.83 bits per heavy atom. The summed E-state index contributed by atoms with van der Waals surface area (Å²) in [6.45, 7) is 5.36. The molecule has 2 rings (SSSR count). The Labute approximate surface area is 108 Å². The molecule has 0 fully saturated rings. The molecule has 102 valence electrons. The Kier molecular flexibility index (Phi) is 3.72. The first-order chi connectivity index (χ1) is 8.45. The molecule has 0 bridgehead atoms. The number of hydrogen-bond donors (Lipinski definition) is 1. The third-order valence-corrected chi connectivity index (χ3v) is 4.92. The Morgan fingerprint density at radius 1 is 1.50 bits per heavy atom. The summed E-state index contributed by atoms with van der Waals surface area (Å²) in [5.74, 6) is 1.43. The Morgan fingerprint density at radius 2 is 2.22 bits per heavy atom. The maximum atomic E-state index is 11.6. The molecule has 0 radical (unpaired) electrons. The molecule has 1 aromatic rings. The van der Waals surface area contributed by atoms with Gasteiger partial charge in [0.15, 0.2) is 15.7 Å². The third kappa shape index (κ3) is 2.42. The van der Waals surface area contributed by atoms with Gasteiger partial charge in [0.25, 0.3) is 0 Å². The normalized spacial score (nSPS) is 21.6. The first kappa shape index (κ1) is 13.5. The molecule has 2 atom stereocenters. The van der Waals surface area contributed by atoms with Crippen molar-refractivity contribution in [3.8, 4) is 0 Å². The molecule has 2 unspecified atom stereocenters. The van der Waals surface area contributed by atoms with Crippen molar-refractivity contribution < 1.29 is 8.42 Å². The second kappa shape index (κ2) is 4.97. The predicted molar refractivity (Wildman–Crippen MR) is 68.9 cm³/mol. The van der Waals surface area contributed by atoms with Crippen LogP contribution in [-0.4, -0.2) is 36.0 Å². The van der Waals surface area contributed by atoms with Crippen LogP contribution in [0.3, 0.4) is 0 Å². The van der Waals surface area contributed by atoms with Gasteiger partial charge in [0.05, 0.1) is 6.04 Å². The topological polar surface area (TPSA) is 76.9 Å². The fourth-order valence-corrected chi connectivity index (χ4v) is 2.83. The van der Waals surface area contributed by atoms with Crippen LogP contribution in [0, 0.1) is 0 Å². The lowest BCUT2D eigenvalue weighted by atomic mass is 10.1. The van der Waals surface area contributed by atoms with Crippen molar-refractivity contribution in [2.75, 3.05) is 12.8 Å². The first-order valence-corrected chi connectivity index (χ1v) is 8.25. The number of sulfone groups is 1. The van der Waals surface area contributed by atoms with E-state index in [4.69, 9.17) is 0 Å². The van der Waals surface area contributed by atoms with Crippen molar-refractivity contribution in [1.29, 1.82) is 0 Å². The molecule has 1 aliphatic rings. The van der Waals surface area contributed by atoms with E-state index in [-0.39, 0.29) is 6.04 Å². The fourth-order valence-electron chi connectivity index (χ4n) is 2.27. The maximum Gasteiger partial charge on any atom is 0.157 e. The molecule has 1 N–H and O–H groups in total. The summed E-state index contributed by atoms with van der Waals surface area (Å²) >= 11 is 0. The van der Waals surface area contributed by atoms with Gasteiger partial charge in [-0.3, -0.25) is 0 Å². The Bertz CT molecular complexity index is 523. The predicted octanol–water partition coefficient (Wildman–Crippen LogP) is 0.828. The third-order valence-electron chi connectivity index (χ3n) is 3.43. The number of fused-ring (bicyclic) bond motifs is 1. The summed E-state index contributed by atoms with van der Waals surface area (Å²) in [5, 5.41) is 11.1. The van der Waals surface area contributed by atoms with Gasteiger partial charge in [-0.25, -0.2) is 8.42 Å². The number of nitrogens with one attached hydrogen (secondary N) is 1. The molecule has 2 heterocycles. The monoisotopic (exact) mass is 272 g/mol. The maximum absolute atomic E-state index is 11.6. The second-order valence-corrected chi connectivity index (χ2v) is 7.20. The van der Waals surface area contributed by atoms with Gasteiger partial charge in [0.1, 0.15) is 11.1 Å². The molecule has 6 nitrogen and oxygen atoms in total. The minimum absolute atomic E-state index is 0.191. The highest BCUT2D eigenvalue weighted by molar-refractivity contribution is 7.90. The zero-order valence-corrected chi connectivity index (χ0v) is 11.9. The molecule has 0 saturated carbocycles. The minimum Gasteiger partial charge on any atom is -0.311 e. The molecule has 0 saturated heterocycles. The Balaban J connectivity index is 2.37. The van der Waals surface area contributed by atoms with Crippen molar-refractivity contribution in [3.05, 3.63) is 11.6 Å². The van der Waals surface area contributed by atoms with Gasteiger partial charge in [-0.15, -0.1) is 10.2 Å². The van der Waals surface area contributed by atoms with Gasteiger partial charge in [-0.05, 0) is 13.3 Å². The van der Waals surface area contributed by atoms with Gasteiger partial charge in [-0.2, -0.15) is 0 Å². The van der Waals surface area contributed by atoms with E-state index < -0.39 is 15.1 Å². The van der Waals surface area contributed by atoms with E-state index in [1.807, 2.05) is 4.57 Å². The van der Waals surface area contributed by atoms with E-state index in [2.05, 4.69) is 22.4 Å². The lowest BCUT2D eigenvalue weighted by molar-refractivity contribution is 0.387. The van der Waals surface area contributed by atoms with Gasteiger partial charge in [0.2, 0.25) is 0 Å². The Hall–Kier alpha value is -0.950. The lowest BCUT2D eigenvalue weighted by Crippen LogP contribution is -2.34. The zero-order chi connectivity index (χ0) is 13.3. The largest absolute Gasteiger partial charge is 0.311 e. The highest BCUT2D eigenvalue weighted by Crippen LogP contribution is 2.26. The average molecular weight is 272 g/mol. The van der Waals surface area contributed by atoms with Crippen molar-refractivity contribution in [3.63, 3.8) is 0 Å². The van der Waals surface area contributed by atoms with E-state index in [1.165, 1.54) is 6.26 Å². The van der Waals surface area contributed by atoms with E-state index in [0.717, 1.165) is 31.8 Å². The van der Waals surface area contributed by atoms with Crippen LogP contribution >= 0.6 is 0 Å². The molecule has 0 spiro atoms. The molecular weight excluding hydrogens is 252 g/mol. The molecule has 1 aliphatic heterocycles. The molecule has 1 aromatic heterocycles. The van der Waals surface area contributed by atoms with Crippen molar-refractivity contribution in [1.82, 2.24) is 20.1 Å². The fraction of sp³-hybridized carbons (Fsp3) is 0.818. The summed E-state index contributed by atoms with van der Waals surface area (Å²) < 4.78 is 25.2. The molecule has 18 heavy (non-hydrogen) atoms. The number of aromatic nitrogens is 3. The summed E-state index contributed by atoms with van der Waals surface area (Å²) in [6.07, 6.45) is 3.29. The van der Waals surface area contributed by atoms with E-state index >= 15 is 0 Å². The second-order valence-electron chi connectivity index (χ2n) is 4.84. The van der Waals surface area contributed by atoms with Gasteiger partial charge in [-0.1, -0.05) is 13.3 Å². The minimum atomic E-state index is -3.13. The summed E-state index contributed by atoms with van der Waals surface area (Å²) in [5.41, 5.74) is 0. The summed E-state index contributed by atoms with van der Waals surface area (Å²) in [4.78, 5) is 0. The molecule has 0 aliphatic carbocycles. The number of nitrogens with zero attached hydrogens (tertiary/aromatic N) is 3. The van der Waals surface area contributed by atoms with Crippen LogP contribution in [0.4, 0.5) is 0 Å². The molecule has 0 amide bonds. The highest BCUT2D eigenvalue weighted by atomic mass is 32.2. The van der Waals surface area contributed by atoms with Crippen LogP contribution in [0.5, 0.6) is 0 Å². The average Bonchev–Trinajstić information content (AvgIpc) is 2.72. The van der Waals surface area contributed by atoms with Crippen LogP contribution in [0.25, 0.3) is 0 Å². The quantitative estimate of drug-likeness (QED) is 0.878. The zero-order valence-electron chi connectivity index (χ0n) is 11.0. The van der Waals surface area contributed by atoms with Crippen LogP contribution in [0.1, 0.15) is 49.6 Å². The van der Waals surface area contributed by atoms with Gasteiger partial charge < -0.3 is 9.88 Å². The van der Waals surface area contributed by atoms with Crippen LogP contribution in [0.2, 0.25) is 0 Å². The van der Waals surface area contributed by atoms with Crippen LogP contribution in [-0.2, 0) is 16.4 Å². The van der Waals surface area contributed by atoms with Crippen molar-refractivity contribution >= 4 is 9.84 Å². The SMILES string of the molecule is CCCC1NCCn2c1nnc2C(C)S(C)(=O)=O. The van der Waals surface area contributed by atoms with E-state index in [9.17, 15) is 8.42 Å². The standard InChI is InChI=1S/C11H20N4O2S/c1-4-5-9-11-14-13-10(8(2)18(3,16)17)15(11)7-6-12-9/h8-9,12H,4-7H2,1-3H3. The first-order valence-electron chi connectivity index (χ1n) is 6.30. The van der Waals surface area contributed by atoms with Crippen molar-refractivity contribution in [2.24, 2.45) is 0 Å². The molecular formula is C11H20N4O2S. The number of rotatable bonds is 4. The van der Waals surface area contributed by atoms with Crippen molar-refractivity contribution in [2.45, 2.75) is 44.5 Å². The summed E-state index contributed by atoms with van der Waals surface area (Å²) in [6, 6.07) is 0.191. The van der Waals surface area contributed by atoms with Gasteiger partial charge in [0, 0.05) is 19.3 Å². The molecule has 0 aromatic carbocycles. The number of hydrogen-bond acceptors (Lipinski definition) is 5. The van der Waals surface area contributed by atoms with Crippen LogP contribution < -0.4 is 5.32 Å². The van der Waals surface area contributed by atoms with Crippen LogP contribution in [0.15, 0.2) is 0 Å². The van der Waals surface area contributed by atoms with Gasteiger partial charge >= 0.3 is 0 Å². The van der Waals surface area contributed by atoms with E-state index in [0.29, 0.717) is 5.82 Å². The smallest absolute Gasteiger partial charge is 0.157 e. The summed E-state index contributed by atoms with van der Waals surface area (Å²) in [7, 11) is -3.13. The molecule has 7 heteroatoms. The lowest BCUT2D eigenvalue weighted by Gasteiger charge is -2.25.